The molecule has 0 heterocycles. The zero-order valence-electron chi connectivity index (χ0n) is 15.6. The molecule has 27 heavy (non-hydrogen) atoms. The first-order valence-electron chi connectivity index (χ1n) is 8.74. The summed E-state index contributed by atoms with van der Waals surface area (Å²) in [5.74, 6) is -2.59. The number of benzene rings is 1. The topological polar surface area (TPSA) is 147 Å². The predicted octanol–water partition coefficient (Wildman–Crippen LogP) is 2.40. The van der Waals surface area contributed by atoms with E-state index in [2.05, 4.69) is 19.2 Å². The normalized spacial score (nSPS) is 12.9. The van der Waals surface area contributed by atoms with Gasteiger partial charge in [0.05, 0.1) is 6.10 Å². The highest BCUT2D eigenvalue weighted by atomic mass is 16.4. The van der Waals surface area contributed by atoms with E-state index in [0.717, 1.165) is 6.42 Å². The molecule has 1 rings (SSSR count). The lowest BCUT2D eigenvalue weighted by molar-refractivity contribution is -0.134. The minimum absolute atomic E-state index is 0.0370. The van der Waals surface area contributed by atoms with E-state index in [9.17, 15) is 24.9 Å². The van der Waals surface area contributed by atoms with Gasteiger partial charge < -0.3 is 30.8 Å². The Hall–Kier alpha value is -2.58. The molecule has 0 aliphatic rings. The lowest BCUT2D eigenvalue weighted by atomic mass is 10.1. The average molecular weight is 383 g/mol. The number of hydrogen-bond acceptors (Lipinski definition) is 6. The minimum atomic E-state index is -1.26. The van der Waals surface area contributed by atoms with Crippen LogP contribution in [0.2, 0.25) is 0 Å². The lowest BCUT2D eigenvalue weighted by Crippen LogP contribution is -2.30. The number of carbonyl (C=O) groups is 2. The number of rotatable bonds is 10. The van der Waals surface area contributed by atoms with Crippen molar-refractivity contribution >= 4 is 11.9 Å². The van der Waals surface area contributed by atoms with Crippen molar-refractivity contribution in [2.75, 3.05) is 6.54 Å². The Bertz CT molecular complexity index is 580. The highest BCUT2D eigenvalue weighted by molar-refractivity contribution is 5.89. The molecule has 1 aromatic carbocycles. The third-order valence-corrected chi connectivity index (χ3v) is 3.58. The van der Waals surface area contributed by atoms with Crippen molar-refractivity contribution < 1.29 is 35.1 Å². The van der Waals surface area contributed by atoms with E-state index in [-0.39, 0.29) is 11.5 Å². The van der Waals surface area contributed by atoms with Gasteiger partial charge in [0, 0.05) is 30.8 Å². The fourth-order valence-corrected chi connectivity index (χ4v) is 2.19. The molecular formula is C19H29NO7. The summed E-state index contributed by atoms with van der Waals surface area (Å²) < 4.78 is 0. The van der Waals surface area contributed by atoms with Gasteiger partial charge in [0.2, 0.25) is 0 Å². The molecule has 0 aliphatic carbocycles. The van der Waals surface area contributed by atoms with E-state index < -0.39 is 18.0 Å². The molecule has 0 saturated heterocycles. The number of aliphatic hydroxyl groups is 1. The molecule has 0 saturated carbocycles. The third kappa shape index (κ3) is 13.3. The van der Waals surface area contributed by atoms with Crippen LogP contribution in [0.25, 0.3) is 0 Å². The second-order valence-corrected chi connectivity index (χ2v) is 6.11. The fourth-order valence-electron chi connectivity index (χ4n) is 2.19. The van der Waals surface area contributed by atoms with Crippen LogP contribution >= 0.6 is 0 Å². The van der Waals surface area contributed by atoms with Crippen molar-refractivity contribution in [2.24, 2.45) is 0 Å². The number of carboxylic acids is 2. The number of hydrogen-bond donors (Lipinski definition) is 6. The predicted molar refractivity (Wildman–Crippen MR) is 101 cm³/mol. The van der Waals surface area contributed by atoms with E-state index >= 15 is 0 Å². The second kappa shape index (κ2) is 13.6. The first kappa shape index (κ1) is 24.4. The Balaban J connectivity index is 0.000000713. The van der Waals surface area contributed by atoms with E-state index in [0.29, 0.717) is 30.3 Å². The third-order valence-electron chi connectivity index (χ3n) is 3.58. The molecule has 0 bridgehead atoms. The van der Waals surface area contributed by atoms with E-state index in [4.69, 9.17) is 10.2 Å². The lowest BCUT2D eigenvalue weighted by Gasteiger charge is -2.17. The van der Waals surface area contributed by atoms with Gasteiger partial charge in [-0.25, -0.2) is 9.59 Å². The van der Waals surface area contributed by atoms with Crippen molar-refractivity contribution in [3.63, 3.8) is 0 Å². The first-order chi connectivity index (χ1) is 12.6. The molecule has 1 aromatic rings. The molecule has 8 nitrogen and oxygen atoms in total. The molecule has 0 aliphatic heterocycles. The van der Waals surface area contributed by atoms with Crippen LogP contribution in [0.1, 0.15) is 51.2 Å². The fraction of sp³-hybridized carbons (Fsp3) is 0.474. The monoisotopic (exact) mass is 383 g/mol. The number of carboxylic acid groups (broad SMARTS) is 2. The van der Waals surface area contributed by atoms with Crippen molar-refractivity contribution in [3.05, 3.63) is 35.9 Å². The van der Waals surface area contributed by atoms with Gasteiger partial charge in [0.25, 0.3) is 0 Å². The minimum Gasteiger partial charge on any atom is -0.508 e. The Morgan fingerprint density at radius 2 is 1.56 bits per heavy atom. The molecule has 8 heteroatoms. The summed E-state index contributed by atoms with van der Waals surface area (Å²) in [6.45, 7) is 4.69. The molecule has 2 atom stereocenters. The zero-order valence-corrected chi connectivity index (χ0v) is 15.6. The van der Waals surface area contributed by atoms with Gasteiger partial charge in [-0.1, -0.05) is 26.2 Å². The molecule has 0 aromatic heterocycles. The summed E-state index contributed by atoms with van der Waals surface area (Å²) in [6, 6.07) is 4.53. The largest absolute Gasteiger partial charge is 0.508 e. The van der Waals surface area contributed by atoms with Gasteiger partial charge >= 0.3 is 11.9 Å². The average Bonchev–Trinajstić information content (AvgIpc) is 2.58. The number of unbranched alkanes of at least 4 members (excludes halogenated alkanes) is 2. The molecule has 0 unspecified atom stereocenters. The van der Waals surface area contributed by atoms with E-state index in [1.165, 1.54) is 37.5 Å². The summed E-state index contributed by atoms with van der Waals surface area (Å²) >= 11 is 0. The maximum absolute atomic E-state index is 10.0. The molecular weight excluding hydrogens is 354 g/mol. The SMILES string of the molecule is CCCCC[C@H](C)NC[C@H](O)c1cc(O)cc(O)c1.O=C(O)C=CC(=O)O. The Morgan fingerprint density at radius 3 is 2.00 bits per heavy atom. The number of aliphatic hydroxyl groups excluding tert-OH is 1. The standard InChI is InChI=1S/C15H25NO3.C4H4O4/c1-3-4-5-6-11(2)16-10-15(19)12-7-13(17)9-14(18)8-12;5-3(6)1-2-4(7)8/h7-9,11,15-19H,3-6,10H2,1-2H3;1-2H,(H,5,6)(H,7,8)/t11-,15-;/m0./s1. The van der Waals surface area contributed by atoms with Crippen molar-refractivity contribution in [2.45, 2.75) is 51.7 Å². The second-order valence-electron chi connectivity index (χ2n) is 6.11. The molecule has 152 valence electrons. The Labute approximate surface area is 158 Å². The number of phenols is 2. The van der Waals surface area contributed by atoms with Gasteiger partial charge in [-0.2, -0.15) is 0 Å². The summed E-state index contributed by atoms with van der Waals surface area (Å²) in [4.78, 5) is 19.1. The van der Waals surface area contributed by atoms with Crippen LogP contribution in [-0.2, 0) is 9.59 Å². The Morgan fingerprint density at radius 1 is 1.04 bits per heavy atom. The van der Waals surface area contributed by atoms with Gasteiger partial charge in [-0.05, 0) is 31.0 Å². The van der Waals surface area contributed by atoms with Gasteiger partial charge in [-0.15, -0.1) is 0 Å². The van der Waals surface area contributed by atoms with E-state index in [1.54, 1.807) is 0 Å². The van der Waals surface area contributed by atoms with Gasteiger partial charge in [0.1, 0.15) is 11.5 Å². The van der Waals surface area contributed by atoms with Crippen LogP contribution in [0.3, 0.4) is 0 Å². The van der Waals surface area contributed by atoms with Crippen LogP contribution in [0.5, 0.6) is 11.5 Å². The first-order valence-corrected chi connectivity index (χ1v) is 8.74. The zero-order chi connectivity index (χ0) is 20.8. The van der Waals surface area contributed by atoms with Crippen LogP contribution in [0, 0.1) is 0 Å². The summed E-state index contributed by atoms with van der Waals surface area (Å²) in [5, 5.41) is 47.6. The van der Waals surface area contributed by atoms with Crippen LogP contribution in [0.15, 0.2) is 30.4 Å². The molecule has 0 spiro atoms. The van der Waals surface area contributed by atoms with Gasteiger partial charge in [-0.3, -0.25) is 0 Å². The number of phenolic OH excluding ortho intramolecular Hbond substituents is 2. The van der Waals surface area contributed by atoms with Crippen LogP contribution in [0.4, 0.5) is 0 Å². The number of nitrogens with one attached hydrogen (secondary N) is 1. The molecule has 0 fully saturated rings. The van der Waals surface area contributed by atoms with E-state index in [1.807, 2.05) is 0 Å². The van der Waals surface area contributed by atoms with Crippen LogP contribution in [-0.4, -0.2) is 50.1 Å². The smallest absolute Gasteiger partial charge is 0.328 e. The quantitative estimate of drug-likeness (QED) is 0.267. The van der Waals surface area contributed by atoms with Crippen LogP contribution < -0.4 is 5.32 Å². The number of aliphatic carboxylic acids is 2. The number of aromatic hydroxyl groups is 2. The maximum atomic E-state index is 10.0. The summed E-state index contributed by atoms with van der Waals surface area (Å²) in [5.41, 5.74) is 0.519. The van der Waals surface area contributed by atoms with Crippen molar-refractivity contribution in [1.29, 1.82) is 0 Å². The highest BCUT2D eigenvalue weighted by Gasteiger charge is 2.11. The Kier molecular flexibility index (Phi) is 12.3. The summed E-state index contributed by atoms with van der Waals surface area (Å²) in [7, 11) is 0. The summed E-state index contributed by atoms with van der Waals surface area (Å²) in [6.07, 6.45) is 5.10. The molecule has 0 radical (unpaired) electrons. The van der Waals surface area contributed by atoms with Crippen molar-refractivity contribution in [1.82, 2.24) is 5.32 Å². The van der Waals surface area contributed by atoms with Gasteiger partial charge in [0.15, 0.2) is 0 Å². The maximum Gasteiger partial charge on any atom is 0.328 e. The molecule has 6 N–H and O–H groups in total. The highest BCUT2D eigenvalue weighted by Crippen LogP contribution is 2.24. The van der Waals surface area contributed by atoms with Crippen molar-refractivity contribution in [3.8, 4) is 11.5 Å². The molecule has 0 amide bonds.